The van der Waals surface area contributed by atoms with Gasteiger partial charge in [0.15, 0.2) is 0 Å². The molecule has 2 fully saturated rings. The number of aryl methyl sites for hydroxylation is 1. The van der Waals surface area contributed by atoms with Crippen molar-refractivity contribution in [3.63, 3.8) is 0 Å². The van der Waals surface area contributed by atoms with E-state index in [-0.39, 0.29) is 43.1 Å². The molecule has 2 saturated heterocycles. The van der Waals surface area contributed by atoms with Crippen molar-refractivity contribution in [1.82, 2.24) is 14.8 Å². The van der Waals surface area contributed by atoms with E-state index in [1.54, 1.807) is 25.6 Å². The number of para-hydroxylation sites is 1. The fourth-order valence-electron chi connectivity index (χ4n) is 5.88. The lowest BCUT2D eigenvalue weighted by atomic mass is 9.73. The molecule has 2 aliphatic rings. The van der Waals surface area contributed by atoms with Gasteiger partial charge < -0.3 is 9.64 Å². The van der Waals surface area contributed by atoms with E-state index in [2.05, 4.69) is 4.98 Å². The van der Waals surface area contributed by atoms with Crippen molar-refractivity contribution in [1.29, 1.82) is 0 Å². The Morgan fingerprint density at radius 3 is 2.62 bits per heavy atom. The normalized spacial score (nSPS) is 21.5. The summed E-state index contributed by atoms with van der Waals surface area (Å²) in [5.41, 5.74) is 2.13. The van der Waals surface area contributed by atoms with Crippen LogP contribution in [0.1, 0.15) is 54.0 Å². The zero-order valence-electron chi connectivity index (χ0n) is 21.2. The number of hydrogen-bond donors (Lipinski definition) is 0. The van der Waals surface area contributed by atoms with Gasteiger partial charge in [-0.1, -0.05) is 48.5 Å². The molecule has 1 aromatic heterocycles. The van der Waals surface area contributed by atoms with Crippen LogP contribution < -0.4 is 4.74 Å². The first-order chi connectivity index (χ1) is 17.9. The molecule has 2 atom stereocenters. The van der Waals surface area contributed by atoms with Gasteiger partial charge in [0.05, 0.1) is 25.1 Å². The van der Waals surface area contributed by atoms with E-state index in [0.29, 0.717) is 6.54 Å². The second kappa shape index (κ2) is 10.2. The van der Waals surface area contributed by atoms with Crippen molar-refractivity contribution < 1.29 is 19.1 Å². The highest BCUT2D eigenvalue weighted by Gasteiger charge is 2.55. The topological polar surface area (TPSA) is 79.8 Å². The van der Waals surface area contributed by atoms with Crippen LogP contribution in [0.5, 0.6) is 5.75 Å². The standard InChI is InChI=1S/C30H31N3O4/c1-21-9-3-5-12-24(21)30(18-28(35)33(29(30)36)20-22-10-7-15-31-19-22)17-27(34)32-16-8-13-25(32)23-11-4-6-14-26(23)37-2/h3-7,9-12,14-15,19,25H,8,13,16-18,20H2,1-2H3/t25-,30-/m0/s1. The van der Waals surface area contributed by atoms with Crippen LogP contribution in [0.15, 0.2) is 73.1 Å². The Kier molecular flexibility index (Phi) is 6.78. The number of methoxy groups -OCH3 is 1. The second-order valence-corrected chi connectivity index (χ2v) is 9.88. The Morgan fingerprint density at radius 1 is 1.08 bits per heavy atom. The fraction of sp³-hybridized carbons (Fsp3) is 0.333. The highest BCUT2D eigenvalue weighted by molar-refractivity contribution is 6.11. The predicted octanol–water partition coefficient (Wildman–Crippen LogP) is 4.35. The van der Waals surface area contributed by atoms with Crippen molar-refractivity contribution in [2.24, 2.45) is 0 Å². The maximum absolute atomic E-state index is 14.1. The van der Waals surface area contributed by atoms with Crippen molar-refractivity contribution in [2.45, 2.75) is 50.6 Å². The maximum atomic E-state index is 14.1. The quantitative estimate of drug-likeness (QED) is 0.454. The van der Waals surface area contributed by atoms with Crippen molar-refractivity contribution in [2.75, 3.05) is 13.7 Å². The summed E-state index contributed by atoms with van der Waals surface area (Å²) in [6.07, 6.45) is 4.91. The molecule has 5 rings (SSSR count). The Balaban J connectivity index is 1.49. The minimum absolute atomic E-state index is 0.0319. The van der Waals surface area contributed by atoms with Gasteiger partial charge in [-0.15, -0.1) is 0 Å². The van der Waals surface area contributed by atoms with E-state index in [1.807, 2.05) is 66.4 Å². The number of ether oxygens (including phenoxy) is 1. The number of pyridine rings is 1. The molecule has 0 radical (unpaired) electrons. The number of amides is 3. The number of nitrogens with zero attached hydrogens (tertiary/aromatic N) is 3. The average molecular weight is 498 g/mol. The molecular weight excluding hydrogens is 466 g/mol. The van der Waals surface area contributed by atoms with Crippen LogP contribution in [-0.2, 0) is 26.3 Å². The number of carbonyl (C=O) groups excluding carboxylic acids is 3. The van der Waals surface area contributed by atoms with Gasteiger partial charge in [0, 0.05) is 37.3 Å². The molecule has 0 N–H and O–H groups in total. The molecule has 3 amide bonds. The van der Waals surface area contributed by atoms with Crippen LogP contribution in [0.4, 0.5) is 0 Å². The molecule has 190 valence electrons. The summed E-state index contributed by atoms with van der Waals surface area (Å²) in [7, 11) is 1.63. The van der Waals surface area contributed by atoms with Gasteiger partial charge in [-0.05, 0) is 48.6 Å². The molecule has 2 aromatic carbocycles. The van der Waals surface area contributed by atoms with Crippen LogP contribution in [0, 0.1) is 6.92 Å². The van der Waals surface area contributed by atoms with Gasteiger partial charge in [0.25, 0.3) is 0 Å². The van der Waals surface area contributed by atoms with Gasteiger partial charge in [0.1, 0.15) is 5.75 Å². The first-order valence-electron chi connectivity index (χ1n) is 12.7. The molecule has 3 aromatic rings. The maximum Gasteiger partial charge on any atom is 0.241 e. The summed E-state index contributed by atoms with van der Waals surface area (Å²) in [5, 5.41) is 0. The molecule has 2 aliphatic heterocycles. The van der Waals surface area contributed by atoms with E-state index >= 15 is 0 Å². The number of imide groups is 1. The SMILES string of the molecule is COc1ccccc1[C@@H]1CCCN1C(=O)C[C@@]1(c2ccccc2C)CC(=O)N(Cc2cccnc2)C1=O. The Bertz CT molecular complexity index is 1330. The molecular formula is C30H31N3O4. The molecule has 37 heavy (non-hydrogen) atoms. The third-order valence-electron chi connectivity index (χ3n) is 7.66. The Morgan fingerprint density at radius 2 is 1.86 bits per heavy atom. The lowest BCUT2D eigenvalue weighted by Crippen LogP contribution is -2.43. The van der Waals surface area contributed by atoms with Gasteiger partial charge in [-0.2, -0.15) is 0 Å². The lowest BCUT2D eigenvalue weighted by Gasteiger charge is -2.33. The first kappa shape index (κ1) is 24.7. The van der Waals surface area contributed by atoms with Crippen LogP contribution in [0.2, 0.25) is 0 Å². The lowest BCUT2D eigenvalue weighted by molar-refractivity contribution is -0.143. The van der Waals surface area contributed by atoms with Crippen LogP contribution in [0.3, 0.4) is 0 Å². The van der Waals surface area contributed by atoms with Crippen molar-refractivity contribution in [3.8, 4) is 5.75 Å². The average Bonchev–Trinajstić information content (AvgIpc) is 3.49. The summed E-state index contributed by atoms with van der Waals surface area (Å²) in [6.45, 7) is 2.67. The third kappa shape index (κ3) is 4.50. The number of likely N-dealkylation sites (tertiary alicyclic amines) is 2. The fourth-order valence-corrected chi connectivity index (χ4v) is 5.88. The zero-order valence-corrected chi connectivity index (χ0v) is 21.2. The summed E-state index contributed by atoms with van der Waals surface area (Å²) in [6, 6.07) is 18.8. The minimum atomic E-state index is -1.24. The second-order valence-electron chi connectivity index (χ2n) is 9.88. The Hall–Kier alpha value is -4.00. The molecule has 3 heterocycles. The monoisotopic (exact) mass is 497 g/mol. The van der Waals surface area contributed by atoms with Crippen molar-refractivity contribution in [3.05, 3.63) is 95.3 Å². The van der Waals surface area contributed by atoms with E-state index < -0.39 is 5.41 Å². The summed E-state index contributed by atoms with van der Waals surface area (Å²) < 4.78 is 5.58. The third-order valence-corrected chi connectivity index (χ3v) is 7.66. The highest BCUT2D eigenvalue weighted by Crippen LogP contribution is 2.44. The van der Waals surface area contributed by atoms with E-state index in [4.69, 9.17) is 4.74 Å². The molecule has 0 spiro atoms. The van der Waals surface area contributed by atoms with Gasteiger partial charge in [-0.3, -0.25) is 24.3 Å². The number of hydrogen-bond acceptors (Lipinski definition) is 5. The van der Waals surface area contributed by atoms with Crippen LogP contribution in [0.25, 0.3) is 0 Å². The summed E-state index contributed by atoms with van der Waals surface area (Å²) >= 11 is 0. The Labute approximate surface area is 217 Å². The van der Waals surface area contributed by atoms with E-state index in [1.165, 1.54) is 4.90 Å². The number of rotatable bonds is 7. The van der Waals surface area contributed by atoms with Crippen molar-refractivity contribution >= 4 is 17.7 Å². The molecule has 0 bridgehead atoms. The number of carbonyl (C=O) groups is 3. The predicted molar refractivity (Wildman–Crippen MR) is 139 cm³/mol. The minimum Gasteiger partial charge on any atom is -0.496 e. The number of aromatic nitrogens is 1. The molecule has 0 unspecified atom stereocenters. The van der Waals surface area contributed by atoms with Gasteiger partial charge in [-0.25, -0.2) is 0 Å². The van der Waals surface area contributed by atoms with Gasteiger partial charge in [0.2, 0.25) is 17.7 Å². The number of benzene rings is 2. The summed E-state index contributed by atoms with van der Waals surface area (Å²) in [4.78, 5) is 48.6. The molecule has 0 aliphatic carbocycles. The van der Waals surface area contributed by atoms with E-state index in [0.717, 1.165) is 40.8 Å². The molecule has 7 nitrogen and oxygen atoms in total. The van der Waals surface area contributed by atoms with E-state index in [9.17, 15) is 14.4 Å². The van der Waals surface area contributed by atoms with Crippen LogP contribution in [-0.4, -0.2) is 46.2 Å². The first-order valence-corrected chi connectivity index (χ1v) is 12.7. The van der Waals surface area contributed by atoms with Crippen LogP contribution >= 0.6 is 0 Å². The zero-order chi connectivity index (χ0) is 26.0. The largest absolute Gasteiger partial charge is 0.496 e. The molecule has 7 heteroatoms. The molecule has 0 saturated carbocycles. The summed E-state index contributed by atoms with van der Waals surface area (Å²) in [5.74, 6) is 0.0290. The smallest absolute Gasteiger partial charge is 0.241 e. The van der Waals surface area contributed by atoms with Gasteiger partial charge >= 0.3 is 0 Å². The highest BCUT2D eigenvalue weighted by atomic mass is 16.5.